The van der Waals surface area contributed by atoms with E-state index in [2.05, 4.69) is 0 Å². The van der Waals surface area contributed by atoms with Gasteiger partial charge in [-0.05, 0) is 29.5 Å². The molecule has 1 aliphatic rings. The van der Waals surface area contributed by atoms with Crippen molar-refractivity contribution < 1.29 is 13.9 Å². The molecule has 1 aromatic carbocycles. The minimum atomic E-state index is -2.08. The molecule has 0 saturated heterocycles. The third-order valence-corrected chi connectivity index (χ3v) is 3.13. The largest absolute Gasteiger partial charge is 0.772 e. The van der Waals surface area contributed by atoms with E-state index >= 15 is 0 Å². The van der Waals surface area contributed by atoms with Crippen LogP contribution < -0.4 is 0 Å². The summed E-state index contributed by atoms with van der Waals surface area (Å²) in [7, 11) is 0. The van der Waals surface area contributed by atoms with Crippen molar-refractivity contribution in [2.45, 2.75) is 24.7 Å². The molecule has 1 N–H and O–H groups in total. The molecule has 1 aromatic rings. The highest BCUT2D eigenvalue weighted by molar-refractivity contribution is 7.78. The molecule has 1 aliphatic carbocycles. The number of hydrogen-bond donors (Lipinski definition) is 1. The smallest absolute Gasteiger partial charge is 0.0798 e. The van der Waals surface area contributed by atoms with Crippen molar-refractivity contribution in [2.24, 2.45) is 0 Å². The lowest BCUT2D eigenvalue weighted by molar-refractivity contribution is 0.179. The van der Waals surface area contributed by atoms with E-state index in [1.54, 1.807) is 6.07 Å². The summed E-state index contributed by atoms with van der Waals surface area (Å²) in [5.41, 5.74) is 2.65. The van der Waals surface area contributed by atoms with E-state index in [9.17, 15) is 13.9 Å². The molecular weight excluding hydrogens is 200 g/mol. The Morgan fingerprint density at radius 3 is 3.07 bits per heavy atom. The van der Waals surface area contributed by atoms with Gasteiger partial charge in [0.05, 0.1) is 6.10 Å². The fourth-order valence-corrected chi connectivity index (χ4v) is 2.51. The average Bonchev–Trinajstić information content (AvgIpc) is 2.48. The predicted molar refractivity (Wildman–Crippen MR) is 52.3 cm³/mol. The van der Waals surface area contributed by atoms with Crippen LogP contribution in [0.1, 0.15) is 29.2 Å². The molecule has 0 heterocycles. The zero-order valence-corrected chi connectivity index (χ0v) is 8.42. The summed E-state index contributed by atoms with van der Waals surface area (Å²) in [5.74, 6) is 0.000231. The van der Waals surface area contributed by atoms with Crippen molar-refractivity contribution in [2.75, 3.05) is 0 Å². The fraction of sp³-hybridized carbons (Fsp3) is 0.400. The van der Waals surface area contributed by atoms with Crippen LogP contribution in [0.5, 0.6) is 0 Å². The molecule has 0 fully saturated rings. The first-order valence-corrected chi connectivity index (χ1v) is 5.77. The summed E-state index contributed by atoms with van der Waals surface area (Å²) in [6.07, 6.45) is 1.07. The SMILES string of the molecule is O=S([O-])Cc1cccc2c1C(O)CC2. The lowest BCUT2D eigenvalue weighted by atomic mass is 10.0. The zero-order chi connectivity index (χ0) is 10.1. The van der Waals surface area contributed by atoms with Crippen LogP contribution in [0.15, 0.2) is 18.2 Å². The van der Waals surface area contributed by atoms with E-state index < -0.39 is 17.2 Å². The Kier molecular flexibility index (Phi) is 2.67. The van der Waals surface area contributed by atoms with Crippen molar-refractivity contribution in [1.82, 2.24) is 0 Å². The van der Waals surface area contributed by atoms with Crippen LogP contribution in [0.2, 0.25) is 0 Å². The monoisotopic (exact) mass is 211 g/mol. The van der Waals surface area contributed by atoms with Crippen LogP contribution in [-0.2, 0) is 23.3 Å². The lowest BCUT2D eigenvalue weighted by Gasteiger charge is -2.12. The fourth-order valence-electron chi connectivity index (χ4n) is 2.00. The molecule has 0 saturated carbocycles. The molecule has 0 aromatic heterocycles. The number of rotatable bonds is 2. The molecule has 3 nitrogen and oxygen atoms in total. The quantitative estimate of drug-likeness (QED) is 0.744. The van der Waals surface area contributed by atoms with E-state index in [0.717, 1.165) is 23.1 Å². The summed E-state index contributed by atoms with van der Waals surface area (Å²) in [5, 5.41) is 9.67. The maximum Gasteiger partial charge on any atom is 0.0798 e. The van der Waals surface area contributed by atoms with Gasteiger partial charge in [0.25, 0.3) is 0 Å². The highest BCUT2D eigenvalue weighted by Crippen LogP contribution is 2.33. The number of aliphatic hydroxyl groups excluding tert-OH is 1. The first kappa shape index (κ1) is 9.83. The molecule has 0 radical (unpaired) electrons. The van der Waals surface area contributed by atoms with E-state index in [4.69, 9.17) is 0 Å². The number of aliphatic hydroxyl groups is 1. The summed E-state index contributed by atoms with van der Waals surface area (Å²) >= 11 is -2.08. The Morgan fingerprint density at radius 2 is 2.36 bits per heavy atom. The van der Waals surface area contributed by atoms with Crippen molar-refractivity contribution >= 4 is 11.1 Å². The van der Waals surface area contributed by atoms with E-state index in [1.807, 2.05) is 12.1 Å². The van der Waals surface area contributed by atoms with Gasteiger partial charge in [0.1, 0.15) is 0 Å². The molecule has 2 rings (SSSR count). The molecule has 0 amide bonds. The predicted octanol–water partition coefficient (Wildman–Crippen LogP) is 1.05. The standard InChI is InChI=1S/C10H12O3S/c11-9-5-4-7-2-1-3-8(10(7)9)6-14(12)13/h1-3,9,11H,4-6H2,(H,12,13)/p-1. The number of aryl methyl sites for hydroxylation is 1. The molecule has 76 valence electrons. The van der Waals surface area contributed by atoms with E-state index in [1.165, 1.54) is 0 Å². The van der Waals surface area contributed by atoms with Crippen LogP contribution in [0.3, 0.4) is 0 Å². The average molecular weight is 211 g/mol. The summed E-state index contributed by atoms with van der Waals surface area (Å²) < 4.78 is 21.2. The third-order valence-electron chi connectivity index (χ3n) is 2.58. The summed E-state index contributed by atoms with van der Waals surface area (Å²) in [4.78, 5) is 0. The maximum absolute atomic E-state index is 10.6. The first-order valence-electron chi connectivity index (χ1n) is 4.53. The second kappa shape index (κ2) is 3.81. The van der Waals surface area contributed by atoms with Gasteiger partial charge in [0.15, 0.2) is 0 Å². The van der Waals surface area contributed by atoms with Gasteiger partial charge in [0, 0.05) is 5.75 Å². The third kappa shape index (κ3) is 1.73. The topological polar surface area (TPSA) is 60.4 Å². The molecule has 4 heteroatoms. The first-order chi connectivity index (χ1) is 6.68. The maximum atomic E-state index is 10.6. The van der Waals surface area contributed by atoms with Gasteiger partial charge in [-0.2, -0.15) is 0 Å². The van der Waals surface area contributed by atoms with Gasteiger partial charge in [-0.1, -0.05) is 29.3 Å². The summed E-state index contributed by atoms with van der Waals surface area (Å²) in [6.45, 7) is 0. The van der Waals surface area contributed by atoms with Gasteiger partial charge in [-0.15, -0.1) is 0 Å². The van der Waals surface area contributed by atoms with Crippen molar-refractivity contribution in [1.29, 1.82) is 0 Å². The molecule has 0 aliphatic heterocycles. The Morgan fingerprint density at radius 1 is 1.57 bits per heavy atom. The van der Waals surface area contributed by atoms with Crippen LogP contribution in [0.4, 0.5) is 0 Å². The minimum absolute atomic E-state index is 0.000231. The van der Waals surface area contributed by atoms with Gasteiger partial charge in [0.2, 0.25) is 0 Å². The minimum Gasteiger partial charge on any atom is -0.772 e. The van der Waals surface area contributed by atoms with Gasteiger partial charge < -0.3 is 9.66 Å². The molecule has 2 atom stereocenters. The van der Waals surface area contributed by atoms with E-state index in [0.29, 0.717) is 6.42 Å². The molecule has 2 unspecified atom stereocenters. The highest BCUT2D eigenvalue weighted by Gasteiger charge is 2.22. The molecule has 0 spiro atoms. The second-order valence-corrected chi connectivity index (χ2v) is 4.39. The van der Waals surface area contributed by atoms with Crippen LogP contribution in [0.25, 0.3) is 0 Å². The Bertz CT molecular complexity index is 376. The van der Waals surface area contributed by atoms with Crippen LogP contribution >= 0.6 is 0 Å². The van der Waals surface area contributed by atoms with Gasteiger partial charge >= 0.3 is 0 Å². The van der Waals surface area contributed by atoms with Crippen LogP contribution in [0, 0.1) is 0 Å². The second-order valence-electron chi connectivity index (χ2n) is 3.49. The van der Waals surface area contributed by atoms with Crippen molar-refractivity contribution in [3.05, 3.63) is 34.9 Å². The Balaban J connectivity index is 2.41. The normalized spacial score (nSPS) is 22.0. The van der Waals surface area contributed by atoms with Gasteiger partial charge in [-0.25, -0.2) is 0 Å². The van der Waals surface area contributed by atoms with E-state index in [-0.39, 0.29) is 5.75 Å². The number of hydrogen-bond acceptors (Lipinski definition) is 3. The molecule has 14 heavy (non-hydrogen) atoms. The Labute approximate surface area is 85.1 Å². The highest BCUT2D eigenvalue weighted by atomic mass is 32.2. The summed E-state index contributed by atoms with van der Waals surface area (Å²) in [6, 6.07) is 5.56. The molecular formula is C10H11O3S-. The lowest BCUT2D eigenvalue weighted by Crippen LogP contribution is -2.01. The zero-order valence-electron chi connectivity index (χ0n) is 7.60. The Hall–Kier alpha value is -0.710. The molecule has 0 bridgehead atoms. The van der Waals surface area contributed by atoms with Crippen molar-refractivity contribution in [3.8, 4) is 0 Å². The van der Waals surface area contributed by atoms with Gasteiger partial charge in [-0.3, -0.25) is 4.21 Å². The van der Waals surface area contributed by atoms with Crippen molar-refractivity contribution in [3.63, 3.8) is 0 Å². The number of fused-ring (bicyclic) bond motifs is 1. The number of benzene rings is 1. The van der Waals surface area contributed by atoms with Crippen LogP contribution in [-0.4, -0.2) is 13.9 Å².